The van der Waals surface area contributed by atoms with Gasteiger partial charge in [0.05, 0.1) is 0 Å². The van der Waals surface area contributed by atoms with E-state index in [0.717, 1.165) is 48.5 Å². The van der Waals surface area contributed by atoms with Crippen LogP contribution >= 0.6 is 0 Å². The van der Waals surface area contributed by atoms with Crippen LogP contribution in [0.15, 0.2) is 108 Å². The summed E-state index contributed by atoms with van der Waals surface area (Å²) in [4.78, 5) is 0. The van der Waals surface area contributed by atoms with Crippen molar-refractivity contribution < 1.29 is 75.4 Å². The van der Waals surface area contributed by atoms with Gasteiger partial charge in [0.2, 0.25) is 0 Å². The van der Waals surface area contributed by atoms with Gasteiger partial charge >= 0.3 is 137 Å². The van der Waals surface area contributed by atoms with Gasteiger partial charge in [-0.25, -0.2) is 10.8 Å². The molecule has 0 heterocycles. The quantitative estimate of drug-likeness (QED) is 0.0972. The molecule has 56 heavy (non-hydrogen) atoms. The summed E-state index contributed by atoms with van der Waals surface area (Å²) in [7, 11) is -1.07. The second-order valence-corrected chi connectivity index (χ2v) is 23.4. The van der Waals surface area contributed by atoms with E-state index in [4.69, 9.17) is 0 Å². The van der Waals surface area contributed by atoms with Crippen LogP contribution in [-0.2, 0) is 47.4 Å². The fourth-order valence-corrected chi connectivity index (χ4v) is 9.16. The van der Waals surface area contributed by atoms with Crippen molar-refractivity contribution in [1.82, 2.24) is 0 Å². The number of benzene rings is 4. The van der Waals surface area contributed by atoms with Crippen LogP contribution in [-0.4, -0.2) is 11.3 Å². The molecule has 0 nitrogen and oxygen atoms in total. The van der Waals surface area contributed by atoms with Crippen molar-refractivity contribution in [2.45, 2.75) is 98.2 Å². The molecule has 0 fully saturated rings. The van der Waals surface area contributed by atoms with E-state index in [9.17, 15) is 26.3 Å². The average molecular weight is 907 g/mol. The predicted octanol–water partition coefficient (Wildman–Crippen LogP) is 8.34. The Balaban J connectivity index is 0.000000300. The first kappa shape index (κ1) is 49.5. The second-order valence-electron chi connectivity index (χ2n) is 17.2. The van der Waals surface area contributed by atoms with E-state index in [1.54, 1.807) is 5.20 Å². The molecule has 0 N–H and O–H groups in total. The van der Waals surface area contributed by atoms with Crippen molar-refractivity contribution in [3.63, 3.8) is 0 Å². The minimum Gasteiger partial charge on any atom is -1.00 e. The fourth-order valence-electron chi connectivity index (χ4n) is 6.45. The Labute approximate surface area is 357 Å². The molecule has 10 heteroatoms. The van der Waals surface area contributed by atoms with Gasteiger partial charge in [0.25, 0.3) is 0 Å². The molecule has 0 saturated carbocycles. The van der Waals surface area contributed by atoms with E-state index >= 15 is 0 Å². The summed E-state index contributed by atoms with van der Waals surface area (Å²) >= 11 is 0.729. The van der Waals surface area contributed by atoms with Crippen molar-refractivity contribution in [1.29, 1.82) is 0 Å². The molecule has 0 aromatic heterocycles. The summed E-state index contributed by atoms with van der Waals surface area (Å²) in [5, 5.41) is 7.09. The zero-order chi connectivity index (χ0) is 40.6. The van der Waals surface area contributed by atoms with Crippen LogP contribution < -0.4 is 24.8 Å². The number of rotatable bonds is 3. The number of hydrogen-bond acceptors (Lipinski definition) is 0. The van der Waals surface area contributed by atoms with Crippen LogP contribution in [0.3, 0.4) is 0 Å². The summed E-state index contributed by atoms with van der Waals surface area (Å²) in [6, 6.07) is 25.3. The Kier molecular flexibility index (Phi) is 16.4. The summed E-state index contributed by atoms with van der Waals surface area (Å²) in [5.41, 5.74) is 3.50. The largest absolute Gasteiger partial charge is 1.00 e. The van der Waals surface area contributed by atoms with Crippen molar-refractivity contribution in [2.75, 3.05) is 0 Å². The van der Waals surface area contributed by atoms with E-state index in [-0.39, 0.29) is 46.8 Å². The van der Waals surface area contributed by atoms with E-state index in [1.807, 2.05) is 0 Å². The van der Waals surface area contributed by atoms with Crippen LogP contribution in [0.25, 0.3) is 21.5 Å². The smallest absolute Gasteiger partial charge is 1.00 e. The summed E-state index contributed by atoms with van der Waals surface area (Å²) in [6.45, 7) is 25.2. The first-order valence-electron chi connectivity index (χ1n) is 18.1. The van der Waals surface area contributed by atoms with Crippen LogP contribution in [0.5, 0.6) is 0 Å². The number of fused-ring (bicyclic) bond motifs is 3. The molecule has 0 saturated heterocycles. The van der Waals surface area contributed by atoms with Crippen molar-refractivity contribution in [3.05, 3.63) is 147 Å². The molecule has 5 aromatic carbocycles. The minimum absolute atomic E-state index is 0. The van der Waals surface area contributed by atoms with Gasteiger partial charge in [-0.05, 0) is 18.9 Å². The van der Waals surface area contributed by atoms with Crippen LogP contribution in [0.1, 0.15) is 88.8 Å². The SMILES string of the molecule is CC(C)(C)c1ccc2[cH-]c3ccc(C(C)(C)C)cc3c2c1.CC1=[C-]C(C)C=C1[Si](C)(C)C.FC(F)(F)c1cccc([C](=[Zr+2])c2cccc(C(F)(F)F)c2)c1.[Cl-].[Cl-]. The van der Waals surface area contributed by atoms with Crippen LogP contribution in [0.4, 0.5) is 26.3 Å². The zero-order valence-corrected chi connectivity index (χ0v) is 38.8. The molecule has 0 amide bonds. The molecule has 0 bridgehead atoms. The number of hydrogen-bond donors (Lipinski definition) is 0. The summed E-state index contributed by atoms with van der Waals surface area (Å²) < 4.78 is 76.7. The molecule has 1 aliphatic rings. The maximum atomic E-state index is 12.7. The third-order valence-electron chi connectivity index (χ3n) is 9.47. The molecule has 0 aliphatic heterocycles. The van der Waals surface area contributed by atoms with Gasteiger partial charge in [0.1, 0.15) is 0 Å². The van der Waals surface area contributed by atoms with E-state index in [1.165, 1.54) is 62.5 Å². The monoisotopic (exact) mass is 904 g/mol. The van der Waals surface area contributed by atoms with Crippen LogP contribution in [0.2, 0.25) is 19.6 Å². The second kappa shape index (κ2) is 18.5. The normalized spacial score (nSPS) is 14.7. The Morgan fingerprint density at radius 2 is 1.02 bits per heavy atom. The molecule has 300 valence electrons. The van der Waals surface area contributed by atoms with Gasteiger partial charge in [0, 0.05) is 0 Å². The number of allylic oxidation sites excluding steroid dienone is 4. The molecule has 1 atom stereocenters. The van der Waals surface area contributed by atoms with E-state index < -0.39 is 31.6 Å². The van der Waals surface area contributed by atoms with Crippen LogP contribution in [0, 0.1) is 12.0 Å². The number of alkyl halides is 6. The fraction of sp³-hybridized carbons (Fsp3) is 0.348. The van der Waals surface area contributed by atoms with Gasteiger partial charge in [-0.2, -0.15) is 6.08 Å². The Hall–Kier alpha value is -2.64. The molecular weight excluding hydrogens is 857 g/mol. The van der Waals surface area contributed by atoms with Crippen molar-refractivity contribution in [3.8, 4) is 0 Å². The molecule has 1 aliphatic carbocycles. The maximum Gasteiger partial charge on any atom is -1.00 e. The molecule has 5 aromatic rings. The summed E-state index contributed by atoms with van der Waals surface area (Å²) in [6.07, 6.45) is -3.16. The topological polar surface area (TPSA) is 0 Å². The predicted molar refractivity (Wildman–Crippen MR) is 214 cm³/mol. The van der Waals surface area contributed by atoms with Crippen molar-refractivity contribution >= 4 is 32.8 Å². The van der Waals surface area contributed by atoms with Gasteiger partial charge in [-0.15, -0.1) is 39.7 Å². The first-order valence-corrected chi connectivity index (χ1v) is 22.8. The van der Waals surface area contributed by atoms with Gasteiger partial charge in [-0.1, -0.05) is 116 Å². The molecule has 1 unspecified atom stereocenters. The Morgan fingerprint density at radius 1 is 0.625 bits per heavy atom. The van der Waals surface area contributed by atoms with E-state index in [0.29, 0.717) is 9.12 Å². The van der Waals surface area contributed by atoms with Gasteiger partial charge < -0.3 is 24.8 Å². The first-order chi connectivity index (χ1) is 24.7. The van der Waals surface area contributed by atoms with Crippen molar-refractivity contribution in [2.24, 2.45) is 5.92 Å². The maximum absolute atomic E-state index is 12.7. The van der Waals surface area contributed by atoms with Gasteiger partial charge in [0.15, 0.2) is 0 Å². The third kappa shape index (κ3) is 12.7. The molecule has 0 spiro atoms. The van der Waals surface area contributed by atoms with Gasteiger partial charge in [-0.3, -0.25) is 6.08 Å². The molecular formula is C46H50Cl2F6SiZr-2. The Bertz CT molecular complexity index is 2080. The zero-order valence-electron chi connectivity index (χ0n) is 33.8. The minimum atomic E-state index is -4.49. The standard InChI is InChI=1S/C21H25.C15H8F6.C10H17Si.2ClH.Zr/c1-20(2,3)16-9-7-14-11-15-8-10-17(21(4,5)6)13-19(15)18(14)12-16;16-14(17,18)12-5-1-3-10(8-12)7-11-4-2-6-13(9-11)15(19,20)21;1-8-6-9(2)10(7-8)11(3,4)5;;;/h7-13H,1-6H3;1-6,8-9H;7-8H,1-5H3;2*1H;/q-1;;-1;;;+2/p-2. The average Bonchev–Trinajstić information content (AvgIpc) is 3.61. The summed E-state index contributed by atoms with van der Waals surface area (Å²) in [5.74, 6) is 0.553. The van der Waals surface area contributed by atoms with E-state index in [2.05, 4.69) is 130 Å². The molecule has 6 rings (SSSR count). The number of halogens is 8. The molecule has 0 radical (unpaired) electrons. The Morgan fingerprint density at radius 3 is 1.30 bits per heavy atom. The third-order valence-corrected chi connectivity index (χ3v) is 13.0.